The van der Waals surface area contributed by atoms with E-state index in [1.54, 1.807) is 6.92 Å². The summed E-state index contributed by atoms with van der Waals surface area (Å²) in [5.41, 5.74) is 0. The molecule has 7 heavy (non-hydrogen) atoms. The van der Waals surface area contributed by atoms with Gasteiger partial charge in [-0.05, 0) is 12.8 Å². The van der Waals surface area contributed by atoms with Crippen molar-refractivity contribution in [2.24, 2.45) is 0 Å². The van der Waals surface area contributed by atoms with Crippen molar-refractivity contribution in [1.82, 2.24) is 5.32 Å². The van der Waals surface area contributed by atoms with Gasteiger partial charge in [-0.3, -0.25) is 4.79 Å². The quantitative estimate of drug-likeness (QED) is 0.515. The first kappa shape index (κ1) is 3.47. The Kier molecular flexibility index (Phi) is 0.755. The third-order valence-electron chi connectivity index (χ3n) is 0.985. The number of rotatable bonds is 1. The molecule has 0 saturated heterocycles. The maximum atomic E-state index is 10.2. The van der Waals surface area contributed by atoms with E-state index in [1.165, 1.54) is 12.8 Å². The largest absolute Gasteiger partial charge is 0.354 e. The van der Waals surface area contributed by atoms with E-state index in [0.717, 1.165) is 0 Å². The zero-order valence-corrected chi connectivity index (χ0v) is 4.40. The van der Waals surface area contributed by atoms with Gasteiger partial charge in [0.25, 0.3) is 0 Å². The molecule has 0 spiro atoms. The summed E-state index contributed by atoms with van der Waals surface area (Å²) < 4.78 is 10.0. The lowest BCUT2D eigenvalue weighted by molar-refractivity contribution is -0.119. The monoisotopic (exact) mass is 103 g/mol. The van der Waals surface area contributed by atoms with Crippen molar-refractivity contribution in [3.8, 4) is 0 Å². The maximum absolute atomic E-state index is 10.2. The molecule has 1 saturated carbocycles. The molecule has 2 heteroatoms. The fraction of sp³-hybridized carbons (Fsp3) is 0.800. The molecule has 0 aromatic carbocycles. The van der Waals surface area contributed by atoms with E-state index in [0.29, 0.717) is 6.04 Å². The molecule has 2 nitrogen and oxygen atoms in total. The number of amides is 1. The molecule has 1 aliphatic carbocycles. The summed E-state index contributed by atoms with van der Waals surface area (Å²) in [5.74, 6) is 0.0995. The molecule has 1 fully saturated rings. The molecule has 0 heterocycles. The molecule has 0 aromatic rings. The van der Waals surface area contributed by atoms with Crippen molar-refractivity contribution in [3.63, 3.8) is 0 Å². The molecule has 0 aliphatic heterocycles. The average Bonchev–Trinajstić information content (AvgIpc) is 2.55. The van der Waals surface area contributed by atoms with Crippen LogP contribution < -0.4 is 5.32 Å². The highest BCUT2D eigenvalue weighted by Crippen LogP contribution is 2.17. The standard InChI is InChI=1S/C5H9NO.H2/c1-4(7)6-5-2-3-5;/h5H,2-3H2,1H3,(H,6,7);1H/i;1+1D. The van der Waals surface area contributed by atoms with E-state index in [9.17, 15) is 4.79 Å². The van der Waals surface area contributed by atoms with Crippen molar-refractivity contribution in [2.75, 3.05) is 0 Å². The smallest absolute Gasteiger partial charge is 0.217 e. The molecule has 0 atom stereocenters. The van der Waals surface area contributed by atoms with Crippen LogP contribution in [0, 0.1) is 0 Å². The second-order valence-corrected chi connectivity index (χ2v) is 1.97. The summed E-state index contributed by atoms with van der Waals surface area (Å²) in [5, 5.41) is 2.78. The summed E-state index contributed by atoms with van der Waals surface area (Å²) in [7, 11) is 0. The Bertz CT molecular complexity index is 93.0. The van der Waals surface area contributed by atoms with Gasteiger partial charge in [-0.15, -0.1) is 0 Å². The van der Waals surface area contributed by atoms with E-state index in [2.05, 4.69) is 5.32 Å². The molecule has 0 bridgehead atoms. The highest BCUT2D eigenvalue weighted by atomic mass is 16.1. The molecule has 1 amide bonds. The van der Waals surface area contributed by atoms with Crippen molar-refractivity contribution in [3.05, 3.63) is 0 Å². The summed E-state index contributed by atoms with van der Waals surface area (Å²) >= 11 is 0. The van der Waals surface area contributed by atoms with E-state index >= 15 is 0 Å². The van der Waals surface area contributed by atoms with Crippen LogP contribution in [0.15, 0.2) is 0 Å². The number of hydrogen-bond donors (Lipinski definition) is 1. The Labute approximate surface area is 46.0 Å². The minimum atomic E-state index is 0.0995. The molecule has 0 aromatic heterocycles. The number of carbonyl (C=O) groups is 1. The van der Waals surface area contributed by atoms with Crippen molar-refractivity contribution in [1.29, 1.82) is 0 Å². The maximum Gasteiger partial charge on any atom is 0.217 e. The van der Waals surface area contributed by atoms with Crippen LogP contribution >= 0.6 is 0 Å². The summed E-state index contributed by atoms with van der Waals surface area (Å²) in [6.45, 7) is 1.55. The molecular weight excluding hydrogens is 90.1 g/mol. The predicted molar refractivity (Wildman–Crippen MR) is 29.0 cm³/mol. The highest BCUT2D eigenvalue weighted by molar-refractivity contribution is 5.73. The van der Waals surface area contributed by atoms with Gasteiger partial charge >= 0.3 is 0 Å². The fourth-order valence-corrected chi connectivity index (χ4v) is 0.515. The first-order chi connectivity index (χ1) is 4.29. The summed E-state index contributed by atoms with van der Waals surface area (Å²) in [6, 6.07) is 0.525. The average molecular weight is 103 g/mol. The van der Waals surface area contributed by atoms with Crippen molar-refractivity contribution < 1.29 is 7.76 Å². The van der Waals surface area contributed by atoms with Gasteiger partial charge in [0.15, 0.2) is 0 Å². The number of carbonyl (C=O) groups excluding carboxylic acids is 1. The van der Waals surface area contributed by atoms with Crippen molar-refractivity contribution in [2.45, 2.75) is 25.8 Å². The lowest BCUT2D eigenvalue weighted by Gasteiger charge is -1.91. The molecule has 42 valence electrons. The van der Waals surface area contributed by atoms with Gasteiger partial charge in [0, 0.05) is 15.9 Å². The van der Waals surface area contributed by atoms with E-state index < -0.39 is 0 Å². The van der Waals surface area contributed by atoms with Crippen LogP contribution in [-0.2, 0) is 4.79 Å². The normalized spacial score (nSPS) is 20.1. The molecule has 1 rings (SSSR count). The first-order valence-corrected chi connectivity index (χ1v) is 2.56. The van der Waals surface area contributed by atoms with Crippen LogP contribution in [0.1, 0.15) is 22.7 Å². The van der Waals surface area contributed by atoms with Gasteiger partial charge in [0.1, 0.15) is 0 Å². The van der Waals surface area contributed by atoms with E-state index in [1.807, 2.05) is 0 Å². The lowest BCUT2D eigenvalue weighted by atomic mass is 10.6. The topological polar surface area (TPSA) is 29.1 Å². The van der Waals surface area contributed by atoms with Crippen LogP contribution in [0.25, 0.3) is 0 Å². The lowest BCUT2D eigenvalue weighted by Crippen LogP contribution is -2.21. The molecule has 0 radical (unpaired) electrons. The third-order valence-corrected chi connectivity index (χ3v) is 0.985. The molecular formula is C5H11NO. The Hall–Kier alpha value is -0.530. The zero-order chi connectivity index (χ0) is 7.28. The van der Waals surface area contributed by atoms with E-state index in [4.69, 9.17) is 2.97 Å². The van der Waals surface area contributed by atoms with Gasteiger partial charge in [-0.2, -0.15) is 0 Å². The van der Waals surface area contributed by atoms with Gasteiger partial charge in [-0.1, -0.05) is 0 Å². The SMILES string of the molecule is CC(=O)NC1CC1.[2H][2H]. The van der Waals surface area contributed by atoms with Crippen LogP contribution in [0.4, 0.5) is 0 Å². The van der Waals surface area contributed by atoms with Gasteiger partial charge in [0.2, 0.25) is 5.91 Å². The second-order valence-electron chi connectivity index (χ2n) is 1.97. The molecule has 0 unspecified atom stereocenters. The van der Waals surface area contributed by atoms with Crippen LogP contribution in [0.3, 0.4) is 0 Å². The summed E-state index contributed by atoms with van der Waals surface area (Å²) in [4.78, 5) is 10.2. The number of nitrogens with one attached hydrogen (secondary N) is 1. The molecule has 1 N–H and O–H groups in total. The Morgan fingerprint density at radius 3 is 2.71 bits per heavy atom. The minimum Gasteiger partial charge on any atom is -0.354 e. The Balaban J connectivity index is 0.000000291. The number of hydrogen-bond acceptors (Lipinski definition) is 1. The fourth-order valence-electron chi connectivity index (χ4n) is 0.515. The second kappa shape index (κ2) is 1.52. The highest BCUT2D eigenvalue weighted by Gasteiger charge is 2.21. The van der Waals surface area contributed by atoms with E-state index in [-0.39, 0.29) is 5.91 Å². The summed E-state index contributed by atoms with van der Waals surface area (Å²) in [6.07, 6.45) is 2.36. The van der Waals surface area contributed by atoms with Crippen molar-refractivity contribution >= 4 is 5.91 Å². The molecule has 1 aliphatic rings. The minimum absolute atomic E-state index is 0.0995. The zero-order valence-electron chi connectivity index (χ0n) is 6.40. The van der Waals surface area contributed by atoms with Gasteiger partial charge in [0.05, 0.1) is 0 Å². The van der Waals surface area contributed by atoms with Crippen LogP contribution in [0.5, 0.6) is 0 Å². The van der Waals surface area contributed by atoms with Crippen LogP contribution in [-0.4, -0.2) is 11.9 Å². The third kappa shape index (κ3) is 1.57. The Morgan fingerprint density at radius 2 is 2.57 bits per heavy atom. The van der Waals surface area contributed by atoms with Gasteiger partial charge in [-0.25, -0.2) is 0 Å². The van der Waals surface area contributed by atoms with Gasteiger partial charge < -0.3 is 5.32 Å². The first-order valence-electron chi connectivity index (χ1n) is 3.56. The Morgan fingerprint density at radius 1 is 2.00 bits per heavy atom. The predicted octanol–water partition coefficient (Wildman–Crippen LogP) is 0.531. The van der Waals surface area contributed by atoms with Crippen LogP contribution in [0.2, 0.25) is 0 Å².